The normalized spacial score (nSPS) is 22.1. The van der Waals surface area contributed by atoms with E-state index in [0.717, 1.165) is 16.8 Å². The van der Waals surface area contributed by atoms with Gasteiger partial charge in [0.25, 0.3) is 5.91 Å². The number of likely N-dealkylation sites (tertiary alicyclic amines) is 1. The van der Waals surface area contributed by atoms with Crippen molar-refractivity contribution < 1.29 is 9.59 Å². The molecule has 1 spiro atoms. The summed E-state index contributed by atoms with van der Waals surface area (Å²) in [7, 11) is 0. The average Bonchev–Trinajstić information content (AvgIpc) is 3.49. The van der Waals surface area contributed by atoms with Gasteiger partial charge in [0.2, 0.25) is 5.91 Å². The minimum atomic E-state index is -0.868. The van der Waals surface area contributed by atoms with Crippen molar-refractivity contribution in [1.29, 1.82) is 0 Å². The van der Waals surface area contributed by atoms with Crippen molar-refractivity contribution >= 4 is 23.1 Å². The quantitative estimate of drug-likeness (QED) is 0.548. The number of fused-ring (bicyclic) bond motifs is 3. The number of carbonyl (C=O) groups excluding carboxylic acids is 2. The lowest BCUT2D eigenvalue weighted by Crippen LogP contribution is -2.42. The van der Waals surface area contributed by atoms with E-state index in [-0.39, 0.29) is 11.8 Å². The zero-order valence-electron chi connectivity index (χ0n) is 16.5. The monoisotopic (exact) mass is 410 g/mol. The van der Waals surface area contributed by atoms with Crippen LogP contribution in [0.3, 0.4) is 0 Å². The second-order valence-electron chi connectivity index (χ2n) is 7.86. The van der Waals surface area contributed by atoms with Crippen LogP contribution in [0, 0.1) is 0 Å². The summed E-state index contributed by atoms with van der Waals surface area (Å²) in [5.41, 5.74) is 2.57. The Labute approximate surface area is 177 Å². The molecule has 8 nitrogen and oxygen atoms in total. The molecule has 8 heteroatoms. The van der Waals surface area contributed by atoms with E-state index >= 15 is 0 Å². The third-order valence-electron chi connectivity index (χ3n) is 6.30. The molecule has 1 fully saturated rings. The number of pyridine rings is 1. The molecule has 2 unspecified atom stereocenters. The number of nitrogens with zero attached hydrogens (tertiary/aromatic N) is 5. The molecule has 1 aromatic carbocycles. The number of aromatic nitrogens is 4. The van der Waals surface area contributed by atoms with E-state index in [4.69, 9.17) is 0 Å². The van der Waals surface area contributed by atoms with E-state index in [1.807, 2.05) is 36.4 Å². The first-order valence-corrected chi connectivity index (χ1v) is 10.1. The lowest BCUT2D eigenvalue weighted by Gasteiger charge is -2.33. The van der Waals surface area contributed by atoms with Gasteiger partial charge in [-0.3, -0.25) is 14.6 Å². The van der Waals surface area contributed by atoms with Gasteiger partial charge in [0.05, 0.1) is 6.04 Å². The molecule has 0 bridgehead atoms. The van der Waals surface area contributed by atoms with E-state index in [1.54, 1.807) is 46.3 Å². The predicted molar refractivity (Wildman–Crippen MR) is 112 cm³/mol. The molecule has 1 N–H and O–H groups in total. The summed E-state index contributed by atoms with van der Waals surface area (Å²) in [6.45, 7) is 0.432. The molecule has 152 valence electrons. The maximum atomic E-state index is 13.6. The lowest BCUT2D eigenvalue weighted by atomic mass is 9.73. The van der Waals surface area contributed by atoms with Crippen LogP contribution in [0.15, 0.2) is 73.3 Å². The summed E-state index contributed by atoms with van der Waals surface area (Å²) in [4.78, 5) is 37.3. The second kappa shape index (κ2) is 6.46. The van der Waals surface area contributed by atoms with E-state index < -0.39 is 11.5 Å². The third-order valence-corrected chi connectivity index (χ3v) is 6.30. The average molecular weight is 410 g/mol. The number of hydrogen-bond donors (Lipinski definition) is 1. The van der Waals surface area contributed by atoms with Crippen LogP contribution in [0.5, 0.6) is 0 Å². The molecule has 6 rings (SSSR count). The topological polar surface area (TPSA) is 92.5 Å². The van der Waals surface area contributed by atoms with Gasteiger partial charge < -0.3 is 10.2 Å². The summed E-state index contributed by atoms with van der Waals surface area (Å²) in [5.74, 6) is -0.317. The molecule has 2 aliphatic rings. The second-order valence-corrected chi connectivity index (χ2v) is 7.86. The van der Waals surface area contributed by atoms with E-state index in [0.29, 0.717) is 24.3 Å². The molecule has 2 aliphatic heterocycles. The number of hydrogen-bond acceptors (Lipinski definition) is 5. The first-order chi connectivity index (χ1) is 15.2. The van der Waals surface area contributed by atoms with Crippen molar-refractivity contribution in [2.24, 2.45) is 0 Å². The molecule has 3 aromatic heterocycles. The summed E-state index contributed by atoms with van der Waals surface area (Å²) in [6.07, 6.45) is 7.36. The van der Waals surface area contributed by atoms with Crippen LogP contribution >= 0.6 is 0 Å². The predicted octanol–water partition coefficient (Wildman–Crippen LogP) is 2.60. The van der Waals surface area contributed by atoms with E-state index in [9.17, 15) is 9.59 Å². The summed E-state index contributed by atoms with van der Waals surface area (Å²) in [5, 5.41) is 7.43. The van der Waals surface area contributed by atoms with Crippen LogP contribution < -0.4 is 5.32 Å². The molecule has 0 aliphatic carbocycles. The van der Waals surface area contributed by atoms with Gasteiger partial charge in [-0.2, -0.15) is 5.10 Å². The van der Waals surface area contributed by atoms with Gasteiger partial charge in [0, 0.05) is 43.1 Å². The number of anilines is 1. The molecule has 2 amide bonds. The minimum Gasteiger partial charge on any atom is -0.329 e. The number of para-hydroxylation sites is 1. The Balaban J connectivity index is 1.50. The fraction of sp³-hybridized carbons (Fsp3) is 0.174. The van der Waals surface area contributed by atoms with Crippen molar-refractivity contribution in [1.82, 2.24) is 24.5 Å². The Hall–Kier alpha value is -4.07. The highest BCUT2D eigenvalue weighted by Crippen LogP contribution is 2.54. The van der Waals surface area contributed by atoms with Gasteiger partial charge >= 0.3 is 0 Å². The molecule has 5 heterocycles. The molecule has 1 saturated heterocycles. The highest BCUT2D eigenvalue weighted by Gasteiger charge is 2.59. The summed E-state index contributed by atoms with van der Waals surface area (Å²) in [6, 6.07) is 14.4. The fourth-order valence-corrected chi connectivity index (χ4v) is 4.99. The van der Waals surface area contributed by atoms with Crippen LogP contribution in [-0.2, 0) is 10.2 Å². The van der Waals surface area contributed by atoms with Crippen molar-refractivity contribution in [3.63, 3.8) is 0 Å². The number of amides is 2. The Morgan fingerprint density at radius 1 is 1.13 bits per heavy atom. The van der Waals surface area contributed by atoms with Crippen molar-refractivity contribution in [3.05, 3.63) is 90.1 Å². The van der Waals surface area contributed by atoms with Crippen LogP contribution in [0.4, 0.5) is 5.69 Å². The van der Waals surface area contributed by atoms with Gasteiger partial charge in [-0.05, 0) is 35.7 Å². The maximum absolute atomic E-state index is 13.6. The molecule has 2 atom stereocenters. The van der Waals surface area contributed by atoms with Crippen LogP contribution in [0.25, 0.3) is 5.65 Å². The van der Waals surface area contributed by atoms with Crippen LogP contribution in [-0.4, -0.2) is 42.8 Å². The number of nitrogens with one attached hydrogen (secondary N) is 1. The zero-order valence-corrected chi connectivity index (χ0v) is 16.5. The highest BCUT2D eigenvalue weighted by molar-refractivity contribution is 6.08. The highest BCUT2D eigenvalue weighted by atomic mass is 16.2. The summed E-state index contributed by atoms with van der Waals surface area (Å²) < 4.78 is 1.58. The molecule has 0 saturated carbocycles. The largest absolute Gasteiger partial charge is 0.329 e. The first-order valence-electron chi connectivity index (χ1n) is 10.1. The number of benzene rings is 1. The van der Waals surface area contributed by atoms with Crippen LogP contribution in [0.1, 0.15) is 34.1 Å². The molecular weight excluding hydrogens is 392 g/mol. The van der Waals surface area contributed by atoms with Gasteiger partial charge in [-0.15, -0.1) is 0 Å². The zero-order chi connectivity index (χ0) is 21.0. The Morgan fingerprint density at radius 2 is 2.03 bits per heavy atom. The Morgan fingerprint density at radius 3 is 2.87 bits per heavy atom. The van der Waals surface area contributed by atoms with E-state index in [1.165, 1.54) is 0 Å². The number of carbonyl (C=O) groups is 2. The Bertz CT molecular complexity index is 1300. The Kier molecular flexibility index (Phi) is 3.70. The van der Waals surface area contributed by atoms with Crippen molar-refractivity contribution in [2.75, 3.05) is 11.9 Å². The lowest BCUT2D eigenvalue weighted by molar-refractivity contribution is -0.121. The molecule has 0 radical (unpaired) electrons. The van der Waals surface area contributed by atoms with Gasteiger partial charge in [0.15, 0.2) is 11.3 Å². The maximum Gasteiger partial charge on any atom is 0.275 e. The van der Waals surface area contributed by atoms with Crippen molar-refractivity contribution in [3.8, 4) is 0 Å². The molecule has 4 aromatic rings. The van der Waals surface area contributed by atoms with Crippen LogP contribution in [0.2, 0.25) is 0 Å². The standard InChI is InChI=1S/C23H18N6O2/c30-21(18-13-19-25-10-4-11-29(19)27-18)28-12-8-23(20(28)15-5-3-9-24-14-15)16-6-1-2-7-17(16)26-22(23)31/h1-7,9-11,13-14,20H,8,12H2,(H,26,31). The van der Waals surface area contributed by atoms with E-state index in [2.05, 4.69) is 20.4 Å². The molecular formula is C23H18N6O2. The van der Waals surface area contributed by atoms with Crippen molar-refractivity contribution in [2.45, 2.75) is 17.9 Å². The van der Waals surface area contributed by atoms with Gasteiger partial charge in [0.1, 0.15) is 5.41 Å². The van der Waals surface area contributed by atoms with Gasteiger partial charge in [-0.1, -0.05) is 24.3 Å². The third kappa shape index (κ3) is 2.44. The fourth-order valence-electron chi connectivity index (χ4n) is 4.99. The summed E-state index contributed by atoms with van der Waals surface area (Å²) >= 11 is 0. The smallest absolute Gasteiger partial charge is 0.275 e. The number of rotatable bonds is 2. The van der Waals surface area contributed by atoms with Gasteiger partial charge in [-0.25, -0.2) is 9.50 Å². The first kappa shape index (κ1) is 17.8. The molecule has 31 heavy (non-hydrogen) atoms. The SMILES string of the molecule is O=C(c1cc2ncccn2n1)N1CCC2(C(=O)Nc3ccccc32)C1c1cccnc1. The minimum absolute atomic E-state index is 0.0884.